The first-order chi connectivity index (χ1) is 11.3. The average molecular weight is 345 g/mol. The van der Waals surface area contributed by atoms with Gasteiger partial charge in [0.1, 0.15) is 18.1 Å². The molecule has 0 saturated carbocycles. The van der Waals surface area contributed by atoms with Crippen LogP contribution >= 0.6 is 0 Å². The number of para-hydroxylation sites is 1. The first-order valence-corrected chi connectivity index (χ1v) is 7.02. The largest absolute Gasteiger partial charge is 0.411 e. The average Bonchev–Trinajstić information content (AvgIpc) is 2.88. The van der Waals surface area contributed by atoms with Gasteiger partial charge in [0.15, 0.2) is 0 Å². The molecule has 1 aromatic heterocycles. The standard InChI is InChI=1S/C15H15F4N3O2/c1-10-11(14(23)20-6-7-24-9-15(17,18)19)8-21-22(10)13-5-3-2-4-12(13)16/h2-5,8H,6-7,9H2,1H3,(H,20,23). The number of rotatable bonds is 6. The monoisotopic (exact) mass is 345 g/mol. The van der Waals surface area contributed by atoms with Gasteiger partial charge in [0.2, 0.25) is 0 Å². The summed E-state index contributed by atoms with van der Waals surface area (Å²) >= 11 is 0. The molecule has 5 nitrogen and oxygen atoms in total. The molecule has 0 fully saturated rings. The van der Waals surface area contributed by atoms with E-state index in [9.17, 15) is 22.4 Å². The van der Waals surface area contributed by atoms with Gasteiger partial charge in [-0.25, -0.2) is 9.07 Å². The van der Waals surface area contributed by atoms with Gasteiger partial charge in [-0.15, -0.1) is 0 Å². The van der Waals surface area contributed by atoms with Gasteiger partial charge in [0, 0.05) is 6.54 Å². The lowest BCUT2D eigenvalue weighted by Gasteiger charge is -2.09. The van der Waals surface area contributed by atoms with Gasteiger partial charge in [0.25, 0.3) is 5.91 Å². The minimum atomic E-state index is -4.40. The number of carbonyl (C=O) groups is 1. The highest BCUT2D eigenvalue weighted by Crippen LogP contribution is 2.17. The SMILES string of the molecule is Cc1c(C(=O)NCCOCC(F)(F)F)cnn1-c1ccccc1F. The number of nitrogens with zero attached hydrogens (tertiary/aromatic N) is 2. The maximum atomic E-state index is 13.8. The molecular weight excluding hydrogens is 330 g/mol. The van der Waals surface area contributed by atoms with E-state index in [0.717, 1.165) is 0 Å². The number of halogens is 4. The van der Waals surface area contributed by atoms with Crippen LogP contribution in [-0.2, 0) is 4.74 Å². The Labute approximate surface area is 135 Å². The number of ether oxygens (including phenoxy) is 1. The van der Waals surface area contributed by atoms with E-state index >= 15 is 0 Å². The number of alkyl halides is 3. The van der Waals surface area contributed by atoms with E-state index in [4.69, 9.17) is 0 Å². The van der Waals surface area contributed by atoms with Crippen LogP contribution < -0.4 is 5.32 Å². The van der Waals surface area contributed by atoms with Crippen LogP contribution in [0.25, 0.3) is 5.69 Å². The van der Waals surface area contributed by atoms with E-state index in [0.29, 0.717) is 5.69 Å². The van der Waals surface area contributed by atoms with Gasteiger partial charge in [-0.1, -0.05) is 12.1 Å². The number of amides is 1. The van der Waals surface area contributed by atoms with Gasteiger partial charge in [-0.05, 0) is 19.1 Å². The van der Waals surface area contributed by atoms with Crippen molar-refractivity contribution in [2.24, 2.45) is 0 Å². The summed E-state index contributed by atoms with van der Waals surface area (Å²) in [5.74, 6) is -1.01. The van der Waals surface area contributed by atoms with Gasteiger partial charge in [0.05, 0.1) is 24.1 Å². The third-order valence-corrected chi connectivity index (χ3v) is 3.13. The van der Waals surface area contributed by atoms with E-state index in [-0.39, 0.29) is 24.4 Å². The third kappa shape index (κ3) is 4.54. The zero-order valence-corrected chi connectivity index (χ0v) is 12.7. The maximum Gasteiger partial charge on any atom is 0.411 e. The fourth-order valence-electron chi connectivity index (χ4n) is 2.02. The first-order valence-electron chi connectivity index (χ1n) is 7.02. The molecule has 0 bridgehead atoms. The Morgan fingerprint density at radius 1 is 1.33 bits per heavy atom. The molecule has 0 spiro atoms. The zero-order chi connectivity index (χ0) is 17.7. The number of hydrogen-bond acceptors (Lipinski definition) is 3. The summed E-state index contributed by atoms with van der Waals surface area (Å²) in [6.45, 7) is -0.132. The van der Waals surface area contributed by atoms with Crippen LogP contribution in [0, 0.1) is 12.7 Å². The molecule has 1 amide bonds. The van der Waals surface area contributed by atoms with Crippen molar-refractivity contribution >= 4 is 5.91 Å². The molecule has 130 valence electrons. The van der Waals surface area contributed by atoms with E-state index in [2.05, 4.69) is 15.2 Å². The summed E-state index contributed by atoms with van der Waals surface area (Å²) in [6, 6.07) is 5.96. The molecule has 0 unspecified atom stereocenters. The molecule has 1 aromatic carbocycles. The summed E-state index contributed by atoms with van der Waals surface area (Å²) in [6.07, 6.45) is -3.13. The Balaban J connectivity index is 1.96. The second kappa shape index (κ2) is 7.43. The molecule has 0 atom stereocenters. The molecule has 0 saturated heterocycles. The topological polar surface area (TPSA) is 56.1 Å². The number of hydrogen-bond donors (Lipinski definition) is 1. The van der Waals surface area contributed by atoms with Crippen molar-refractivity contribution < 1.29 is 27.1 Å². The summed E-state index contributed by atoms with van der Waals surface area (Å²) in [5, 5.41) is 6.41. The normalized spacial score (nSPS) is 11.5. The predicted octanol–water partition coefficient (Wildman–Crippen LogP) is 2.63. The van der Waals surface area contributed by atoms with Gasteiger partial charge >= 0.3 is 6.18 Å². The van der Waals surface area contributed by atoms with Crippen molar-refractivity contribution in [3.8, 4) is 5.69 Å². The summed E-state index contributed by atoms with van der Waals surface area (Å²) < 4.78 is 55.2. The van der Waals surface area contributed by atoms with E-state index in [1.165, 1.54) is 29.1 Å². The van der Waals surface area contributed by atoms with Crippen molar-refractivity contribution in [1.82, 2.24) is 15.1 Å². The molecule has 0 radical (unpaired) electrons. The van der Waals surface area contributed by atoms with Crippen LogP contribution in [0.3, 0.4) is 0 Å². The Morgan fingerprint density at radius 2 is 2.04 bits per heavy atom. The molecule has 24 heavy (non-hydrogen) atoms. The molecule has 0 aliphatic heterocycles. The van der Waals surface area contributed by atoms with E-state index in [1.807, 2.05) is 0 Å². The molecule has 0 aliphatic carbocycles. The quantitative estimate of drug-likeness (QED) is 0.647. The highest BCUT2D eigenvalue weighted by atomic mass is 19.4. The predicted molar refractivity (Wildman–Crippen MR) is 77.5 cm³/mol. The van der Waals surface area contributed by atoms with E-state index < -0.39 is 24.5 Å². The van der Waals surface area contributed by atoms with Crippen LogP contribution in [0.1, 0.15) is 16.1 Å². The lowest BCUT2D eigenvalue weighted by atomic mass is 10.2. The lowest BCUT2D eigenvalue weighted by Crippen LogP contribution is -2.29. The smallest absolute Gasteiger partial charge is 0.370 e. The van der Waals surface area contributed by atoms with Crippen LogP contribution in [0.2, 0.25) is 0 Å². The Kier molecular flexibility index (Phi) is 5.55. The number of nitrogens with one attached hydrogen (secondary N) is 1. The van der Waals surface area contributed by atoms with Crippen LogP contribution in [-0.4, -0.2) is 41.6 Å². The van der Waals surface area contributed by atoms with Gasteiger partial charge < -0.3 is 10.1 Å². The van der Waals surface area contributed by atoms with Crippen LogP contribution in [0.4, 0.5) is 17.6 Å². The Morgan fingerprint density at radius 3 is 2.71 bits per heavy atom. The fraction of sp³-hybridized carbons (Fsp3) is 0.333. The first kappa shape index (κ1) is 17.9. The van der Waals surface area contributed by atoms with Crippen LogP contribution in [0.5, 0.6) is 0 Å². The number of benzene rings is 1. The highest BCUT2D eigenvalue weighted by Gasteiger charge is 2.27. The second-order valence-corrected chi connectivity index (χ2v) is 4.93. The third-order valence-electron chi connectivity index (χ3n) is 3.13. The van der Waals surface area contributed by atoms with Crippen LogP contribution in [0.15, 0.2) is 30.5 Å². The Hall–Kier alpha value is -2.42. The maximum absolute atomic E-state index is 13.8. The minimum absolute atomic E-state index is 0.0841. The second-order valence-electron chi connectivity index (χ2n) is 4.93. The fourth-order valence-corrected chi connectivity index (χ4v) is 2.02. The molecule has 2 aromatic rings. The van der Waals surface area contributed by atoms with Gasteiger partial charge in [-0.2, -0.15) is 18.3 Å². The lowest BCUT2D eigenvalue weighted by molar-refractivity contribution is -0.173. The Bertz CT molecular complexity index is 713. The number of aromatic nitrogens is 2. The van der Waals surface area contributed by atoms with Crippen molar-refractivity contribution in [3.63, 3.8) is 0 Å². The highest BCUT2D eigenvalue weighted by molar-refractivity contribution is 5.95. The minimum Gasteiger partial charge on any atom is -0.370 e. The zero-order valence-electron chi connectivity index (χ0n) is 12.7. The van der Waals surface area contributed by atoms with Crippen molar-refractivity contribution in [2.75, 3.05) is 19.8 Å². The summed E-state index contributed by atoms with van der Waals surface area (Å²) in [5.41, 5.74) is 0.811. The molecule has 2 rings (SSSR count). The van der Waals surface area contributed by atoms with Crippen molar-refractivity contribution in [2.45, 2.75) is 13.1 Å². The molecule has 9 heteroatoms. The van der Waals surface area contributed by atoms with Gasteiger partial charge in [-0.3, -0.25) is 4.79 Å². The molecule has 1 heterocycles. The molecule has 1 N–H and O–H groups in total. The molecule has 0 aliphatic rings. The van der Waals surface area contributed by atoms with Crippen molar-refractivity contribution in [1.29, 1.82) is 0 Å². The summed E-state index contributed by atoms with van der Waals surface area (Å²) in [4.78, 5) is 12.0. The van der Waals surface area contributed by atoms with Crippen molar-refractivity contribution in [3.05, 3.63) is 47.5 Å². The summed E-state index contributed by atoms with van der Waals surface area (Å²) in [7, 11) is 0. The molecular formula is C15H15F4N3O2. The number of carbonyl (C=O) groups excluding carboxylic acids is 1. The van der Waals surface area contributed by atoms with E-state index in [1.54, 1.807) is 13.0 Å².